The van der Waals surface area contributed by atoms with Gasteiger partial charge in [-0.25, -0.2) is 5.43 Å². The van der Waals surface area contributed by atoms with Crippen molar-refractivity contribution in [3.05, 3.63) is 96.3 Å². The van der Waals surface area contributed by atoms with Crippen LogP contribution in [-0.4, -0.2) is 12.1 Å². The molecule has 0 fully saturated rings. The number of carbonyl (C=O) groups is 1. The van der Waals surface area contributed by atoms with E-state index in [9.17, 15) is 4.79 Å². The summed E-state index contributed by atoms with van der Waals surface area (Å²) in [5, 5.41) is 4.89. The van der Waals surface area contributed by atoms with Gasteiger partial charge >= 0.3 is 5.91 Å². The number of nitrogens with one attached hydrogen (secondary N) is 1. The van der Waals surface area contributed by atoms with Gasteiger partial charge in [-0.1, -0.05) is 72.8 Å². The molecule has 0 aliphatic rings. The van der Waals surface area contributed by atoms with Crippen molar-refractivity contribution in [3.63, 3.8) is 0 Å². The highest BCUT2D eigenvalue weighted by atomic mass is 16.3. The molecule has 0 radical (unpaired) electrons. The number of hydrazone groups is 1. The molecule has 0 spiro atoms. The second kappa shape index (κ2) is 7.07. The van der Waals surface area contributed by atoms with Crippen LogP contribution in [0.1, 0.15) is 16.1 Å². The Kier molecular flexibility index (Phi) is 4.31. The Morgan fingerprint density at radius 1 is 0.846 bits per heavy atom. The molecule has 0 bridgehead atoms. The second-order valence-electron chi connectivity index (χ2n) is 5.84. The monoisotopic (exact) mass is 340 g/mol. The predicted molar refractivity (Wildman–Crippen MR) is 103 cm³/mol. The number of hydrogen-bond donors (Lipinski definition) is 1. The minimum absolute atomic E-state index is 0.239. The smallest absolute Gasteiger partial charge is 0.307 e. The fraction of sp³-hybridized carbons (Fsp3) is 0. The zero-order valence-electron chi connectivity index (χ0n) is 13.9. The van der Waals surface area contributed by atoms with Crippen molar-refractivity contribution in [3.8, 4) is 11.1 Å². The van der Waals surface area contributed by atoms with Gasteiger partial charge < -0.3 is 4.42 Å². The summed E-state index contributed by atoms with van der Waals surface area (Å²) < 4.78 is 5.51. The van der Waals surface area contributed by atoms with Crippen LogP contribution in [0, 0.1) is 0 Å². The molecule has 4 aromatic rings. The van der Waals surface area contributed by atoms with E-state index in [1.54, 1.807) is 12.3 Å². The molecule has 0 unspecified atom stereocenters. The summed E-state index contributed by atoms with van der Waals surface area (Å²) in [6, 6.07) is 27.3. The maximum absolute atomic E-state index is 12.1. The van der Waals surface area contributed by atoms with Crippen LogP contribution >= 0.6 is 0 Å². The largest absolute Gasteiger partial charge is 0.451 e. The lowest BCUT2D eigenvalue weighted by Crippen LogP contribution is -2.16. The first-order chi connectivity index (χ1) is 12.8. The van der Waals surface area contributed by atoms with E-state index in [-0.39, 0.29) is 11.7 Å². The average Bonchev–Trinajstić information content (AvgIpc) is 3.13. The Bertz CT molecular complexity index is 1030. The maximum Gasteiger partial charge on any atom is 0.307 e. The van der Waals surface area contributed by atoms with Gasteiger partial charge in [-0.3, -0.25) is 4.79 Å². The van der Waals surface area contributed by atoms with Gasteiger partial charge in [0, 0.05) is 5.39 Å². The number of rotatable bonds is 4. The molecule has 126 valence electrons. The quantitative estimate of drug-likeness (QED) is 0.426. The lowest BCUT2D eigenvalue weighted by Gasteiger charge is -2.01. The molecule has 1 aromatic heterocycles. The number of hydrogen-bond acceptors (Lipinski definition) is 3. The molecule has 3 aromatic carbocycles. The number of nitrogens with zero attached hydrogens (tertiary/aromatic N) is 1. The molecule has 4 nitrogen and oxygen atoms in total. The molecule has 0 saturated carbocycles. The van der Waals surface area contributed by atoms with Crippen LogP contribution in [0.5, 0.6) is 0 Å². The molecule has 0 aliphatic heterocycles. The van der Waals surface area contributed by atoms with Crippen molar-refractivity contribution in [1.82, 2.24) is 5.43 Å². The number of amides is 1. The fourth-order valence-electron chi connectivity index (χ4n) is 2.71. The summed E-state index contributed by atoms with van der Waals surface area (Å²) >= 11 is 0. The molecule has 0 saturated heterocycles. The van der Waals surface area contributed by atoms with Crippen LogP contribution in [0.25, 0.3) is 22.1 Å². The topological polar surface area (TPSA) is 54.6 Å². The number of benzene rings is 3. The average molecular weight is 340 g/mol. The molecule has 26 heavy (non-hydrogen) atoms. The minimum Gasteiger partial charge on any atom is -0.451 e. The van der Waals surface area contributed by atoms with Crippen LogP contribution in [-0.2, 0) is 0 Å². The molecule has 1 heterocycles. The summed E-state index contributed by atoms with van der Waals surface area (Å²) in [6.45, 7) is 0. The van der Waals surface area contributed by atoms with E-state index in [2.05, 4.69) is 22.7 Å². The lowest BCUT2D eigenvalue weighted by molar-refractivity contribution is 0.0929. The summed E-state index contributed by atoms with van der Waals surface area (Å²) in [4.78, 5) is 12.1. The van der Waals surface area contributed by atoms with Gasteiger partial charge in [-0.2, -0.15) is 5.10 Å². The first-order valence-corrected chi connectivity index (χ1v) is 8.27. The van der Waals surface area contributed by atoms with Gasteiger partial charge in [-0.15, -0.1) is 0 Å². The number of carbonyl (C=O) groups excluding carboxylic acids is 1. The van der Waals surface area contributed by atoms with E-state index >= 15 is 0 Å². The van der Waals surface area contributed by atoms with Gasteiger partial charge in [0.15, 0.2) is 5.76 Å². The number of fused-ring (bicyclic) bond motifs is 1. The molecule has 4 heteroatoms. The van der Waals surface area contributed by atoms with Gasteiger partial charge in [0.1, 0.15) is 5.58 Å². The summed E-state index contributed by atoms with van der Waals surface area (Å²) in [5.74, 6) is -0.138. The van der Waals surface area contributed by atoms with Crippen molar-refractivity contribution in [2.24, 2.45) is 5.10 Å². The normalized spacial score (nSPS) is 11.1. The van der Waals surface area contributed by atoms with Crippen molar-refractivity contribution >= 4 is 23.1 Å². The van der Waals surface area contributed by atoms with Gasteiger partial charge in [-0.05, 0) is 28.8 Å². The Hall–Kier alpha value is -3.66. The predicted octanol–water partition coefficient (Wildman–Crippen LogP) is 4.86. The Morgan fingerprint density at radius 3 is 2.31 bits per heavy atom. The highest BCUT2D eigenvalue weighted by Gasteiger charge is 2.10. The zero-order chi connectivity index (χ0) is 17.8. The standard InChI is InChI=1S/C22H16N2O2/c25-22(21-14-19-8-4-5-9-20(19)26-21)24-23-15-16-10-12-18(13-11-16)17-6-2-1-3-7-17/h1-15H,(H,24,25)/b23-15+. The lowest BCUT2D eigenvalue weighted by atomic mass is 10.0. The van der Waals surface area contributed by atoms with E-state index in [4.69, 9.17) is 4.42 Å². The second-order valence-corrected chi connectivity index (χ2v) is 5.84. The van der Waals surface area contributed by atoms with E-state index < -0.39 is 0 Å². The third-order valence-corrected chi connectivity index (χ3v) is 4.05. The van der Waals surface area contributed by atoms with Crippen molar-refractivity contribution in [2.45, 2.75) is 0 Å². The third kappa shape index (κ3) is 3.39. The molecule has 0 atom stereocenters. The fourth-order valence-corrected chi connectivity index (χ4v) is 2.71. The van der Waals surface area contributed by atoms with Crippen LogP contribution in [0.4, 0.5) is 0 Å². The van der Waals surface area contributed by atoms with Crippen molar-refractivity contribution in [1.29, 1.82) is 0 Å². The van der Waals surface area contributed by atoms with Crippen LogP contribution < -0.4 is 5.43 Å². The maximum atomic E-state index is 12.1. The molecule has 1 amide bonds. The van der Waals surface area contributed by atoms with Gasteiger partial charge in [0.2, 0.25) is 0 Å². The van der Waals surface area contributed by atoms with Crippen LogP contribution in [0.15, 0.2) is 94.4 Å². The Balaban J connectivity index is 1.42. The first kappa shape index (κ1) is 15.8. The van der Waals surface area contributed by atoms with Crippen LogP contribution in [0.3, 0.4) is 0 Å². The highest BCUT2D eigenvalue weighted by Crippen LogP contribution is 2.19. The summed E-state index contributed by atoms with van der Waals surface area (Å²) in [5.41, 5.74) is 6.36. The Labute approximate surface area is 150 Å². The molecule has 4 rings (SSSR count). The third-order valence-electron chi connectivity index (χ3n) is 4.05. The van der Waals surface area contributed by atoms with Crippen molar-refractivity contribution < 1.29 is 9.21 Å². The highest BCUT2D eigenvalue weighted by molar-refractivity contribution is 5.96. The SMILES string of the molecule is O=C(N/N=C/c1ccc(-c2ccccc2)cc1)c1cc2ccccc2o1. The Morgan fingerprint density at radius 2 is 1.54 bits per heavy atom. The van der Waals surface area contributed by atoms with Crippen molar-refractivity contribution in [2.75, 3.05) is 0 Å². The minimum atomic E-state index is -0.377. The van der Waals surface area contributed by atoms with E-state index in [0.29, 0.717) is 5.58 Å². The number of furan rings is 1. The van der Waals surface area contributed by atoms with E-state index in [1.165, 1.54) is 0 Å². The molecular weight excluding hydrogens is 324 g/mol. The molecule has 0 aliphatic carbocycles. The van der Waals surface area contributed by atoms with E-state index in [1.807, 2.05) is 66.7 Å². The first-order valence-electron chi connectivity index (χ1n) is 8.27. The molecular formula is C22H16N2O2. The van der Waals surface area contributed by atoms with E-state index in [0.717, 1.165) is 22.1 Å². The van der Waals surface area contributed by atoms with Gasteiger partial charge in [0.05, 0.1) is 6.21 Å². The van der Waals surface area contributed by atoms with Crippen LogP contribution in [0.2, 0.25) is 0 Å². The zero-order valence-corrected chi connectivity index (χ0v) is 13.9. The molecule has 1 N–H and O–H groups in total. The number of para-hydroxylation sites is 1. The van der Waals surface area contributed by atoms with Gasteiger partial charge in [0.25, 0.3) is 0 Å². The summed E-state index contributed by atoms with van der Waals surface area (Å²) in [6.07, 6.45) is 1.61. The summed E-state index contributed by atoms with van der Waals surface area (Å²) in [7, 11) is 0.